The van der Waals surface area contributed by atoms with Crippen molar-refractivity contribution in [2.24, 2.45) is 7.05 Å². The highest BCUT2D eigenvalue weighted by atomic mass is 16.5. The van der Waals surface area contributed by atoms with Crippen LogP contribution in [0.25, 0.3) is 6.08 Å². The Morgan fingerprint density at radius 3 is 2.46 bits per heavy atom. The number of benzene rings is 1. The zero-order chi connectivity index (χ0) is 17.7. The number of aromatic nitrogens is 1. The molecule has 6 heteroatoms. The Kier molecular flexibility index (Phi) is 5.31. The maximum absolute atomic E-state index is 12.0. The molecule has 0 fully saturated rings. The molecule has 1 heterocycles. The van der Waals surface area contributed by atoms with Crippen LogP contribution in [0.5, 0.6) is 0 Å². The first kappa shape index (κ1) is 17.2. The van der Waals surface area contributed by atoms with Crippen molar-refractivity contribution in [2.45, 2.75) is 6.92 Å². The second-order valence-electron chi connectivity index (χ2n) is 5.23. The lowest BCUT2D eigenvalue weighted by molar-refractivity contribution is -0.111. The fourth-order valence-corrected chi connectivity index (χ4v) is 2.06. The predicted molar refractivity (Wildman–Crippen MR) is 91.9 cm³/mol. The van der Waals surface area contributed by atoms with Crippen molar-refractivity contribution in [1.82, 2.24) is 4.57 Å². The highest BCUT2D eigenvalue weighted by Crippen LogP contribution is 2.09. The van der Waals surface area contributed by atoms with Gasteiger partial charge in [-0.15, -0.1) is 0 Å². The molecule has 2 aromatic rings. The first-order chi connectivity index (χ1) is 11.4. The molecule has 0 unspecified atom stereocenters. The maximum Gasteiger partial charge on any atom is 0.337 e. The third-order valence-electron chi connectivity index (χ3n) is 3.48. The number of nitrogens with zero attached hydrogens (tertiary/aromatic N) is 1. The van der Waals surface area contributed by atoms with E-state index in [4.69, 9.17) is 0 Å². The van der Waals surface area contributed by atoms with Gasteiger partial charge in [-0.25, -0.2) is 4.79 Å². The first-order valence-electron chi connectivity index (χ1n) is 7.26. The lowest BCUT2D eigenvalue weighted by atomic mass is 10.1. The number of amides is 1. The van der Waals surface area contributed by atoms with Gasteiger partial charge in [0.25, 0.3) is 5.56 Å². The maximum atomic E-state index is 12.0. The fourth-order valence-electron chi connectivity index (χ4n) is 2.06. The van der Waals surface area contributed by atoms with E-state index in [1.165, 1.54) is 17.8 Å². The summed E-state index contributed by atoms with van der Waals surface area (Å²) in [5.41, 5.74) is 1.87. The smallest absolute Gasteiger partial charge is 0.337 e. The van der Waals surface area contributed by atoms with Gasteiger partial charge in [0.05, 0.1) is 12.7 Å². The van der Waals surface area contributed by atoms with E-state index in [9.17, 15) is 14.4 Å². The molecular formula is C18H18N2O4. The molecule has 0 aliphatic heterocycles. The van der Waals surface area contributed by atoms with Crippen LogP contribution in [0, 0.1) is 6.92 Å². The summed E-state index contributed by atoms with van der Waals surface area (Å²) in [6.45, 7) is 1.76. The molecule has 2 rings (SSSR count). The Labute approximate surface area is 139 Å². The first-order valence-corrected chi connectivity index (χ1v) is 7.26. The van der Waals surface area contributed by atoms with Crippen molar-refractivity contribution in [3.05, 3.63) is 69.6 Å². The molecule has 24 heavy (non-hydrogen) atoms. The third-order valence-corrected chi connectivity index (χ3v) is 3.48. The van der Waals surface area contributed by atoms with E-state index in [2.05, 4.69) is 10.1 Å². The largest absolute Gasteiger partial charge is 0.465 e. The number of carbonyl (C=O) groups excluding carboxylic acids is 2. The molecule has 0 saturated heterocycles. The fraction of sp³-hybridized carbons (Fsp3) is 0.167. The number of aryl methyl sites for hydroxylation is 2. The number of anilines is 1. The topological polar surface area (TPSA) is 77.4 Å². The van der Waals surface area contributed by atoms with Crippen LogP contribution in [-0.2, 0) is 16.6 Å². The molecule has 0 radical (unpaired) electrons. The van der Waals surface area contributed by atoms with Gasteiger partial charge in [0.1, 0.15) is 5.69 Å². The van der Waals surface area contributed by atoms with E-state index in [-0.39, 0.29) is 11.2 Å². The third kappa shape index (κ3) is 3.98. The Bertz CT molecular complexity index is 848. The number of hydrogen-bond acceptors (Lipinski definition) is 4. The predicted octanol–water partition coefficient (Wildman–Crippen LogP) is 2.13. The van der Waals surface area contributed by atoms with Gasteiger partial charge in [0.15, 0.2) is 0 Å². The van der Waals surface area contributed by atoms with Gasteiger partial charge in [0.2, 0.25) is 5.91 Å². The average molecular weight is 326 g/mol. The summed E-state index contributed by atoms with van der Waals surface area (Å²) >= 11 is 0. The van der Waals surface area contributed by atoms with Crippen LogP contribution in [0.4, 0.5) is 5.69 Å². The van der Waals surface area contributed by atoms with Gasteiger partial charge in [-0.1, -0.05) is 12.1 Å². The summed E-state index contributed by atoms with van der Waals surface area (Å²) in [4.78, 5) is 35.4. The zero-order valence-electron chi connectivity index (χ0n) is 13.7. The summed E-state index contributed by atoms with van der Waals surface area (Å²) in [7, 11) is 2.94. The summed E-state index contributed by atoms with van der Waals surface area (Å²) in [5, 5.41) is 2.60. The minimum atomic E-state index is -0.418. The van der Waals surface area contributed by atoms with Crippen LogP contribution in [0.3, 0.4) is 0 Å². The van der Waals surface area contributed by atoms with Gasteiger partial charge < -0.3 is 14.6 Å². The zero-order valence-corrected chi connectivity index (χ0v) is 13.7. The minimum absolute atomic E-state index is 0.260. The standard InChI is InChI=1S/C18H18N2O4/c1-12-10-11-20(2)17(22)16(12)19-15(21)9-6-13-4-7-14(8-5-13)18(23)24-3/h4-11H,1-3H3,(H,19,21). The van der Waals surface area contributed by atoms with Crippen molar-refractivity contribution in [2.75, 3.05) is 12.4 Å². The van der Waals surface area contributed by atoms with Crippen LogP contribution < -0.4 is 10.9 Å². The van der Waals surface area contributed by atoms with Gasteiger partial charge in [-0.3, -0.25) is 9.59 Å². The number of esters is 1. The normalized spacial score (nSPS) is 10.6. The SMILES string of the molecule is COC(=O)c1ccc(C=CC(=O)Nc2c(C)ccn(C)c2=O)cc1. The number of ether oxygens (including phenoxy) is 1. The van der Waals surface area contributed by atoms with Gasteiger partial charge in [-0.2, -0.15) is 0 Å². The monoisotopic (exact) mass is 326 g/mol. The molecule has 0 aliphatic rings. The van der Waals surface area contributed by atoms with Gasteiger partial charge in [-0.05, 0) is 42.3 Å². The Morgan fingerprint density at radius 1 is 1.17 bits per heavy atom. The molecule has 1 aromatic heterocycles. The van der Waals surface area contributed by atoms with Crippen molar-refractivity contribution in [3.63, 3.8) is 0 Å². The summed E-state index contributed by atoms with van der Waals surface area (Å²) in [6, 6.07) is 8.37. The molecule has 124 valence electrons. The molecule has 0 atom stereocenters. The van der Waals surface area contributed by atoms with Crippen molar-refractivity contribution in [3.8, 4) is 0 Å². The van der Waals surface area contributed by atoms with Gasteiger partial charge >= 0.3 is 5.97 Å². The minimum Gasteiger partial charge on any atom is -0.465 e. The molecule has 1 amide bonds. The second kappa shape index (κ2) is 7.41. The van der Waals surface area contributed by atoms with Crippen LogP contribution >= 0.6 is 0 Å². The average Bonchev–Trinajstić information content (AvgIpc) is 2.60. The number of rotatable bonds is 4. The number of pyridine rings is 1. The molecule has 0 saturated carbocycles. The summed E-state index contributed by atoms with van der Waals surface area (Å²) < 4.78 is 6.02. The molecule has 0 bridgehead atoms. The Hall–Kier alpha value is -3.15. The summed E-state index contributed by atoms with van der Waals surface area (Å²) in [6.07, 6.45) is 4.57. The molecule has 1 aromatic carbocycles. The van der Waals surface area contributed by atoms with E-state index >= 15 is 0 Å². The molecule has 6 nitrogen and oxygen atoms in total. The molecular weight excluding hydrogens is 308 g/mol. The van der Waals surface area contributed by atoms with E-state index in [0.717, 1.165) is 5.56 Å². The quantitative estimate of drug-likeness (QED) is 0.690. The van der Waals surface area contributed by atoms with Crippen LogP contribution in [0.2, 0.25) is 0 Å². The van der Waals surface area contributed by atoms with Gasteiger partial charge in [0, 0.05) is 19.3 Å². The van der Waals surface area contributed by atoms with Crippen molar-refractivity contribution < 1.29 is 14.3 Å². The number of carbonyl (C=O) groups is 2. The number of hydrogen-bond donors (Lipinski definition) is 1. The molecule has 1 N–H and O–H groups in total. The van der Waals surface area contributed by atoms with Crippen LogP contribution in [-0.4, -0.2) is 23.6 Å². The van der Waals surface area contributed by atoms with Crippen molar-refractivity contribution in [1.29, 1.82) is 0 Å². The number of nitrogens with one attached hydrogen (secondary N) is 1. The van der Waals surface area contributed by atoms with Crippen LogP contribution in [0.1, 0.15) is 21.5 Å². The van der Waals surface area contributed by atoms with E-state index in [1.54, 1.807) is 56.6 Å². The van der Waals surface area contributed by atoms with E-state index in [1.807, 2.05) is 0 Å². The molecule has 0 spiro atoms. The van der Waals surface area contributed by atoms with E-state index < -0.39 is 11.9 Å². The Morgan fingerprint density at radius 2 is 1.83 bits per heavy atom. The second-order valence-corrected chi connectivity index (χ2v) is 5.23. The highest BCUT2D eigenvalue weighted by Gasteiger charge is 2.08. The molecule has 0 aliphatic carbocycles. The summed E-state index contributed by atoms with van der Waals surface area (Å²) in [5.74, 6) is -0.822. The van der Waals surface area contributed by atoms with Crippen LogP contribution in [0.15, 0.2) is 47.4 Å². The van der Waals surface area contributed by atoms with E-state index in [0.29, 0.717) is 11.1 Å². The Balaban J connectivity index is 2.10. The highest BCUT2D eigenvalue weighted by molar-refractivity contribution is 6.02. The lowest BCUT2D eigenvalue weighted by Gasteiger charge is -2.07. The lowest BCUT2D eigenvalue weighted by Crippen LogP contribution is -2.24. The number of methoxy groups -OCH3 is 1. The van der Waals surface area contributed by atoms with Crippen molar-refractivity contribution >= 4 is 23.6 Å².